The predicted octanol–water partition coefficient (Wildman–Crippen LogP) is -2.54. The first kappa shape index (κ1) is 28.4. The van der Waals surface area contributed by atoms with Crippen LogP contribution in [0, 0.1) is 0 Å². The number of carboxylic acid groups (broad SMARTS) is 1. The first-order valence-corrected chi connectivity index (χ1v) is 9.71. The van der Waals surface area contributed by atoms with Gasteiger partial charge in [-0.05, 0) is 6.42 Å². The van der Waals surface area contributed by atoms with Gasteiger partial charge in [-0.3, -0.25) is 14.4 Å². The van der Waals surface area contributed by atoms with Gasteiger partial charge in [0.1, 0.15) is 25.5 Å². The zero-order chi connectivity index (χ0) is 23.2. The van der Waals surface area contributed by atoms with Gasteiger partial charge in [0.25, 0.3) is 0 Å². The molecule has 3 amide bonds. The number of aldehydes is 1. The minimum absolute atomic E-state index is 0.0153. The highest BCUT2D eigenvalue weighted by atomic mass is 16.5. The fourth-order valence-electron chi connectivity index (χ4n) is 2.04. The molecule has 0 fully saturated rings. The Bertz CT molecular complexity index is 533. The summed E-state index contributed by atoms with van der Waals surface area (Å²) in [5.41, 5.74) is 0. The molecule has 0 heterocycles. The van der Waals surface area contributed by atoms with Crippen molar-refractivity contribution in [1.29, 1.82) is 0 Å². The van der Waals surface area contributed by atoms with Crippen LogP contribution in [0.25, 0.3) is 0 Å². The molecule has 0 aliphatic carbocycles. The number of hydrogen-bond acceptors (Lipinski definition) is 9. The van der Waals surface area contributed by atoms with Gasteiger partial charge in [-0.25, -0.2) is 4.79 Å². The SMILES string of the molecule is O=CCOCCOCCNC(=O)COCCOCCNC(=O)CC[C@H](NC=O)C(=O)O. The molecule has 0 bridgehead atoms. The van der Waals surface area contributed by atoms with Crippen LogP contribution in [-0.4, -0.2) is 108 Å². The quantitative estimate of drug-likeness (QED) is 0.102. The summed E-state index contributed by atoms with van der Waals surface area (Å²) in [6, 6.07) is -1.10. The predicted molar refractivity (Wildman–Crippen MR) is 105 cm³/mol. The second-order valence-electron chi connectivity index (χ2n) is 5.93. The number of hydrogen-bond donors (Lipinski definition) is 4. The molecule has 0 rings (SSSR count). The Labute approximate surface area is 180 Å². The molecule has 0 saturated carbocycles. The van der Waals surface area contributed by atoms with E-state index in [1.807, 2.05) is 0 Å². The summed E-state index contributed by atoms with van der Waals surface area (Å²) < 4.78 is 20.5. The number of nitrogens with one attached hydrogen (secondary N) is 3. The van der Waals surface area contributed by atoms with Gasteiger partial charge in [-0.15, -0.1) is 0 Å². The number of ether oxygens (including phenoxy) is 4. The number of amides is 3. The van der Waals surface area contributed by atoms with Gasteiger partial charge in [-0.1, -0.05) is 0 Å². The van der Waals surface area contributed by atoms with Gasteiger partial charge >= 0.3 is 5.97 Å². The number of carboxylic acids is 1. The van der Waals surface area contributed by atoms with Crippen LogP contribution >= 0.6 is 0 Å². The summed E-state index contributed by atoms with van der Waals surface area (Å²) in [7, 11) is 0. The van der Waals surface area contributed by atoms with Crippen LogP contribution in [0.2, 0.25) is 0 Å². The normalized spacial score (nSPS) is 11.4. The average molecular weight is 449 g/mol. The second-order valence-corrected chi connectivity index (χ2v) is 5.93. The standard InChI is InChI=1S/C18H31N3O10/c22-5-8-30-10-9-28-7-4-20-17(25)13-31-12-11-29-6-3-19-16(24)2-1-15(18(26)27)21-14-23/h5,14-15H,1-4,6-13H2,(H,19,24)(H,20,25)(H,21,23)(H,26,27)/t15-/m0/s1. The molecule has 13 nitrogen and oxygen atoms in total. The first-order chi connectivity index (χ1) is 15.0. The van der Waals surface area contributed by atoms with Gasteiger partial charge < -0.3 is 44.8 Å². The van der Waals surface area contributed by atoms with Crippen LogP contribution in [-0.2, 0) is 42.9 Å². The van der Waals surface area contributed by atoms with Crippen molar-refractivity contribution in [2.24, 2.45) is 0 Å². The molecule has 0 aliphatic rings. The number of aliphatic carboxylic acids is 1. The Morgan fingerprint density at radius 1 is 0.806 bits per heavy atom. The smallest absolute Gasteiger partial charge is 0.326 e. The van der Waals surface area contributed by atoms with E-state index in [2.05, 4.69) is 16.0 Å². The fraction of sp³-hybridized carbons (Fsp3) is 0.722. The minimum Gasteiger partial charge on any atom is -0.480 e. The summed E-state index contributed by atoms with van der Waals surface area (Å²) in [6.45, 7) is 2.08. The van der Waals surface area contributed by atoms with Crippen molar-refractivity contribution in [3.8, 4) is 0 Å². The molecule has 178 valence electrons. The van der Waals surface area contributed by atoms with E-state index in [0.717, 1.165) is 0 Å². The Kier molecular flexibility index (Phi) is 18.9. The summed E-state index contributed by atoms with van der Waals surface area (Å²) in [6.07, 6.45) is 0.873. The van der Waals surface area contributed by atoms with E-state index >= 15 is 0 Å². The van der Waals surface area contributed by atoms with E-state index in [4.69, 9.17) is 24.1 Å². The molecule has 0 spiro atoms. The molecule has 0 aromatic rings. The summed E-state index contributed by atoms with van der Waals surface area (Å²) in [5.74, 6) is -1.85. The van der Waals surface area contributed by atoms with Crippen molar-refractivity contribution in [2.75, 3.05) is 65.9 Å². The Hall–Kier alpha value is -2.61. The molecule has 0 aromatic heterocycles. The Morgan fingerprint density at radius 2 is 1.39 bits per heavy atom. The molecule has 4 N–H and O–H groups in total. The third-order valence-electron chi connectivity index (χ3n) is 3.53. The van der Waals surface area contributed by atoms with Crippen molar-refractivity contribution in [3.05, 3.63) is 0 Å². The van der Waals surface area contributed by atoms with E-state index < -0.39 is 12.0 Å². The van der Waals surface area contributed by atoms with Crippen LogP contribution in [0.3, 0.4) is 0 Å². The van der Waals surface area contributed by atoms with Gasteiger partial charge in [0, 0.05) is 19.5 Å². The van der Waals surface area contributed by atoms with E-state index in [9.17, 15) is 24.0 Å². The number of carbonyl (C=O) groups is 5. The zero-order valence-corrected chi connectivity index (χ0v) is 17.3. The topological polar surface area (TPSA) is 179 Å². The van der Waals surface area contributed by atoms with Crippen LogP contribution in [0.1, 0.15) is 12.8 Å². The molecule has 1 atom stereocenters. The van der Waals surface area contributed by atoms with Crippen molar-refractivity contribution < 1.29 is 48.0 Å². The molecule has 0 unspecified atom stereocenters. The highest BCUT2D eigenvalue weighted by molar-refractivity contribution is 5.79. The molecule has 0 saturated heterocycles. The Morgan fingerprint density at radius 3 is 1.97 bits per heavy atom. The van der Waals surface area contributed by atoms with Gasteiger partial charge in [0.05, 0.1) is 39.6 Å². The van der Waals surface area contributed by atoms with Gasteiger partial charge in [0.15, 0.2) is 0 Å². The van der Waals surface area contributed by atoms with Gasteiger partial charge in [0.2, 0.25) is 18.2 Å². The number of rotatable bonds is 22. The third kappa shape index (κ3) is 19.1. The maximum Gasteiger partial charge on any atom is 0.326 e. The molecule has 0 radical (unpaired) electrons. The van der Waals surface area contributed by atoms with E-state index in [1.165, 1.54) is 0 Å². The molecule has 0 aliphatic heterocycles. The third-order valence-corrected chi connectivity index (χ3v) is 3.53. The van der Waals surface area contributed by atoms with Crippen molar-refractivity contribution in [3.63, 3.8) is 0 Å². The average Bonchev–Trinajstić information content (AvgIpc) is 2.74. The lowest BCUT2D eigenvalue weighted by atomic mass is 10.1. The summed E-state index contributed by atoms with van der Waals surface area (Å²) >= 11 is 0. The second kappa shape index (κ2) is 20.7. The van der Waals surface area contributed by atoms with E-state index in [0.29, 0.717) is 32.7 Å². The molecular weight excluding hydrogens is 418 g/mol. The summed E-state index contributed by atoms with van der Waals surface area (Å²) in [4.78, 5) is 54.2. The van der Waals surface area contributed by atoms with Crippen LogP contribution in [0.4, 0.5) is 0 Å². The van der Waals surface area contributed by atoms with Crippen molar-refractivity contribution in [1.82, 2.24) is 16.0 Å². The lowest BCUT2D eigenvalue weighted by Gasteiger charge is -2.11. The lowest BCUT2D eigenvalue weighted by Crippen LogP contribution is -2.37. The highest BCUT2D eigenvalue weighted by Gasteiger charge is 2.17. The highest BCUT2D eigenvalue weighted by Crippen LogP contribution is 1.97. The first-order valence-electron chi connectivity index (χ1n) is 9.71. The monoisotopic (exact) mass is 449 g/mol. The minimum atomic E-state index is -1.21. The number of carbonyl (C=O) groups excluding carboxylic acids is 4. The fourth-order valence-corrected chi connectivity index (χ4v) is 2.04. The zero-order valence-electron chi connectivity index (χ0n) is 17.3. The van der Waals surface area contributed by atoms with Crippen molar-refractivity contribution in [2.45, 2.75) is 18.9 Å². The van der Waals surface area contributed by atoms with Crippen LogP contribution in [0.5, 0.6) is 0 Å². The molecule has 13 heteroatoms. The maximum atomic E-state index is 11.6. The maximum absolute atomic E-state index is 11.6. The molecule has 0 aromatic carbocycles. The van der Waals surface area contributed by atoms with Crippen LogP contribution in [0.15, 0.2) is 0 Å². The van der Waals surface area contributed by atoms with E-state index in [-0.39, 0.29) is 70.6 Å². The van der Waals surface area contributed by atoms with Crippen molar-refractivity contribution >= 4 is 30.5 Å². The lowest BCUT2D eigenvalue weighted by molar-refractivity contribution is -0.140. The van der Waals surface area contributed by atoms with Crippen LogP contribution < -0.4 is 16.0 Å². The largest absolute Gasteiger partial charge is 0.480 e. The Balaban J connectivity index is 3.45. The molecule has 31 heavy (non-hydrogen) atoms. The van der Waals surface area contributed by atoms with E-state index in [1.54, 1.807) is 0 Å². The molecular formula is C18H31N3O10. The summed E-state index contributed by atoms with van der Waals surface area (Å²) in [5, 5.41) is 16.1. The van der Waals surface area contributed by atoms with Gasteiger partial charge in [-0.2, -0.15) is 0 Å².